The average Bonchev–Trinajstić information content (AvgIpc) is 2.57. The molecule has 1 aliphatic rings. The van der Waals surface area contributed by atoms with Crippen LogP contribution in [0.5, 0.6) is 0 Å². The van der Waals surface area contributed by atoms with Crippen LogP contribution in [0.15, 0.2) is 16.8 Å². The number of rotatable bonds is 0. The van der Waals surface area contributed by atoms with Gasteiger partial charge in [-0.3, -0.25) is 4.63 Å². The third-order valence-electron chi connectivity index (χ3n) is 2.85. The quantitative estimate of drug-likeness (QED) is 0.589. The van der Waals surface area contributed by atoms with Crippen molar-refractivity contribution in [1.82, 2.24) is 5.16 Å². The summed E-state index contributed by atoms with van der Waals surface area (Å²) in [5.74, 6) is 0. The second kappa shape index (κ2) is 2.70. The molecule has 3 rings (SSSR count). The minimum Gasteiger partial charge on any atom is -0.359 e. The molecule has 2 aromatic rings. The number of aryl methyl sites for hydroxylation is 2. The Balaban J connectivity index is 2.29. The molecule has 1 aliphatic carbocycles. The zero-order chi connectivity index (χ0) is 9.54. The highest BCUT2D eigenvalue weighted by Crippen LogP contribution is 2.24. The van der Waals surface area contributed by atoms with Crippen LogP contribution in [0.4, 0.5) is 0 Å². The average molecular weight is 190 g/mol. The lowest BCUT2D eigenvalue weighted by Gasteiger charge is -2.13. The Morgan fingerprint density at radius 2 is 1.93 bits per heavy atom. The lowest BCUT2D eigenvalue weighted by molar-refractivity contribution is -0.782. The van der Waals surface area contributed by atoms with E-state index >= 15 is 0 Å². The molecule has 1 heterocycles. The number of aromatic nitrogens is 2. The van der Waals surface area contributed by atoms with Crippen molar-refractivity contribution in [2.75, 3.05) is 0 Å². The van der Waals surface area contributed by atoms with E-state index in [0.717, 1.165) is 12.8 Å². The summed E-state index contributed by atoms with van der Waals surface area (Å²) in [6, 6.07) is 3.88. The van der Waals surface area contributed by atoms with Gasteiger partial charge in [-0.15, -0.1) is 0 Å². The molecule has 0 amide bonds. The maximum Gasteiger partial charge on any atom is 0.248 e. The normalized spacial score (nSPS) is 15.7. The fourth-order valence-electron chi connectivity index (χ4n) is 2.10. The SMILES string of the molecule is [O-][n+]1onc2cc3c(cc21)CCCC3. The molecule has 4 nitrogen and oxygen atoms in total. The summed E-state index contributed by atoms with van der Waals surface area (Å²) in [4.78, 5) is 0.476. The molecule has 0 N–H and O–H groups in total. The van der Waals surface area contributed by atoms with Gasteiger partial charge < -0.3 is 5.21 Å². The molecule has 0 saturated heterocycles. The molecule has 72 valence electrons. The maximum absolute atomic E-state index is 11.2. The number of hydrogen-bond acceptors (Lipinski definition) is 3. The largest absolute Gasteiger partial charge is 0.359 e. The van der Waals surface area contributed by atoms with Crippen LogP contribution in [0.1, 0.15) is 24.0 Å². The van der Waals surface area contributed by atoms with E-state index in [0.29, 0.717) is 15.9 Å². The van der Waals surface area contributed by atoms with Gasteiger partial charge in [-0.1, -0.05) is 0 Å². The number of benzene rings is 1. The second-order valence-corrected chi connectivity index (χ2v) is 3.75. The van der Waals surface area contributed by atoms with Crippen molar-refractivity contribution in [1.29, 1.82) is 0 Å². The Labute approximate surface area is 80.7 Å². The van der Waals surface area contributed by atoms with Crippen LogP contribution in [0.3, 0.4) is 0 Å². The van der Waals surface area contributed by atoms with E-state index in [9.17, 15) is 5.21 Å². The van der Waals surface area contributed by atoms with Gasteiger partial charge in [-0.2, -0.15) is 0 Å². The zero-order valence-corrected chi connectivity index (χ0v) is 7.69. The van der Waals surface area contributed by atoms with E-state index in [1.165, 1.54) is 24.0 Å². The fraction of sp³-hybridized carbons (Fsp3) is 0.400. The highest BCUT2D eigenvalue weighted by Gasteiger charge is 2.16. The van der Waals surface area contributed by atoms with Crippen LogP contribution in [-0.4, -0.2) is 5.16 Å². The van der Waals surface area contributed by atoms with Gasteiger partial charge in [0.25, 0.3) is 0 Å². The number of fused-ring (bicyclic) bond motifs is 2. The molecule has 0 saturated carbocycles. The Morgan fingerprint density at radius 1 is 1.21 bits per heavy atom. The molecule has 4 heteroatoms. The summed E-state index contributed by atoms with van der Waals surface area (Å²) in [7, 11) is 0. The van der Waals surface area contributed by atoms with Crippen LogP contribution in [0.2, 0.25) is 0 Å². The number of hydrogen-bond donors (Lipinski definition) is 0. The van der Waals surface area contributed by atoms with E-state index < -0.39 is 0 Å². The number of nitrogens with zero attached hydrogens (tertiary/aromatic N) is 2. The molecule has 0 bridgehead atoms. The van der Waals surface area contributed by atoms with Crippen molar-refractivity contribution in [2.45, 2.75) is 25.7 Å². The van der Waals surface area contributed by atoms with Crippen molar-refractivity contribution in [2.24, 2.45) is 0 Å². The van der Waals surface area contributed by atoms with Crippen molar-refractivity contribution in [3.8, 4) is 0 Å². The Bertz CT molecular complexity index is 490. The van der Waals surface area contributed by atoms with E-state index in [4.69, 9.17) is 0 Å². The third-order valence-corrected chi connectivity index (χ3v) is 2.85. The molecule has 0 unspecified atom stereocenters. The summed E-state index contributed by atoms with van der Waals surface area (Å²) >= 11 is 0. The second-order valence-electron chi connectivity index (χ2n) is 3.75. The van der Waals surface area contributed by atoms with Gasteiger partial charge in [0, 0.05) is 5.16 Å². The topological polar surface area (TPSA) is 53.0 Å². The molecule has 0 atom stereocenters. The van der Waals surface area contributed by atoms with Gasteiger partial charge >= 0.3 is 0 Å². The summed E-state index contributed by atoms with van der Waals surface area (Å²) in [6.07, 6.45) is 4.60. The van der Waals surface area contributed by atoms with Crippen molar-refractivity contribution >= 4 is 11.0 Å². The van der Waals surface area contributed by atoms with Crippen LogP contribution >= 0.6 is 0 Å². The first-order chi connectivity index (χ1) is 6.84. The lowest BCUT2D eigenvalue weighted by Crippen LogP contribution is -2.22. The van der Waals surface area contributed by atoms with Gasteiger partial charge in [0.2, 0.25) is 11.0 Å². The van der Waals surface area contributed by atoms with E-state index in [-0.39, 0.29) is 0 Å². The summed E-state index contributed by atoms with van der Waals surface area (Å²) in [5, 5.41) is 14.9. The van der Waals surface area contributed by atoms with Crippen LogP contribution in [-0.2, 0) is 12.8 Å². The van der Waals surface area contributed by atoms with Crippen LogP contribution < -0.4 is 4.90 Å². The molecule has 0 radical (unpaired) electrons. The summed E-state index contributed by atoms with van der Waals surface area (Å²) in [5.41, 5.74) is 3.81. The predicted octanol–water partition coefficient (Wildman–Crippen LogP) is 1.34. The molecule has 1 aromatic heterocycles. The van der Waals surface area contributed by atoms with Crippen LogP contribution in [0, 0.1) is 5.21 Å². The molecule has 0 aliphatic heterocycles. The highest BCUT2D eigenvalue weighted by atomic mass is 16.8. The summed E-state index contributed by atoms with van der Waals surface area (Å²) in [6.45, 7) is 0. The first-order valence-corrected chi connectivity index (χ1v) is 4.86. The Morgan fingerprint density at radius 3 is 2.71 bits per heavy atom. The monoisotopic (exact) mass is 190 g/mol. The minimum absolute atomic E-state index is 0.476. The zero-order valence-electron chi connectivity index (χ0n) is 7.69. The minimum atomic E-state index is 0.476. The van der Waals surface area contributed by atoms with Crippen molar-refractivity contribution < 1.29 is 9.53 Å². The Hall–Kier alpha value is -1.58. The van der Waals surface area contributed by atoms with Crippen LogP contribution in [0.25, 0.3) is 11.0 Å². The summed E-state index contributed by atoms with van der Waals surface area (Å²) < 4.78 is 4.55. The Kier molecular flexibility index (Phi) is 1.50. The van der Waals surface area contributed by atoms with Crippen molar-refractivity contribution in [3.05, 3.63) is 28.5 Å². The van der Waals surface area contributed by atoms with Crippen molar-refractivity contribution in [3.63, 3.8) is 0 Å². The first kappa shape index (κ1) is 7.79. The molecule has 14 heavy (non-hydrogen) atoms. The molecular weight excluding hydrogens is 180 g/mol. The highest BCUT2D eigenvalue weighted by molar-refractivity contribution is 5.72. The van der Waals surface area contributed by atoms with Gasteiger partial charge in [0.15, 0.2) is 0 Å². The molecular formula is C10H10N2O2. The van der Waals surface area contributed by atoms with E-state index in [2.05, 4.69) is 9.79 Å². The smallest absolute Gasteiger partial charge is 0.248 e. The molecule has 0 fully saturated rings. The van der Waals surface area contributed by atoms with E-state index in [1.54, 1.807) is 0 Å². The fourth-order valence-corrected chi connectivity index (χ4v) is 2.10. The van der Waals surface area contributed by atoms with E-state index in [1.807, 2.05) is 12.1 Å². The van der Waals surface area contributed by atoms with Gasteiger partial charge in [0.05, 0.1) is 0 Å². The first-order valence-electron chi connectivity index (χ1n) is 4.86. The van der Waals surface area contributed by atoms with Gasteiger partial charge in [-0.05, 0) is 53.8 Å². The van der Waals surface area contributed by atoms with Gasteiger partial charge in [0.1, 0.15) is 0 Å². The standard InChI is InChI=1S/C10H10N2O2/c13-12-10-6-8-4-2-1-3-7(8)5-9(10)11-14-12/h5-6H,1-4H2. The third kappa shape index (κ3) is 0.999. The molecule has 1 aromatic carbocycles. The predicted molar refractivity (Wildman–Crippen MR) is 49.6 cm³/mol. The molecule has 0 spiro atoms. The van der Waals surface area contributed by atoms with Gasteiger partial charge in [-0.25, -0.2) is 0 Å². The maximum atomic E-state index is 11.2. The lowest BCUT2D eigenvalue weighted by atomic mass is 9.91.